The number of carbonyl (C=O) groups is 1. The Kier molecular flexibility index (Phi) is 6.51. The number of methoxy groups -OCH3 is 1. The zero-order valence-corrected chi connectivity index (χ0v) is 13.5. The third-order valence-electron chi connectivity index (χ3n) is 2.67. The molecule has 0 unspecified atom stereocenters. The van der Waals surface area contributed by atoms with Crippen LogP contribution in [0.3, 0.4) is 0 Å². The number of anilines is 1. The van der Waals surface area contributed by atoms with Gasteiger partial charge < -0.3 is 20.1 Å². The van der Waals surface area contributed by atoms with Crippen molar-refractivity contribution in [1.82, 2.24) is 5.32 Å². The van der Waals surface area contributed by atoms with E-state index in [2.05, 4.69) is 16.7 Å². The lowest BCUT2D eigenvalue weighted by atomic mass is 10.2. The van der Waals surface area contributed by atoms with Crippen LogP contribution in [0, 0.1) is 11.3 Å². The van der Waals surface area contributed by atoms with E-state index in [1.165, 1.54) is 0 Å². The molecule has 6 heteroatoms. The van der Waals surface area contributed by atoms with E-state index in [9.17, 15) is 4.79 Å². The minimum absolute atomic E-state index is 0.413. The van der Waals surface area contributed by atoms with Gasteiger partial charge in [-0.25, -0.2) is 4.79 Å². The Morgan fingerprint density at radius 3 is 2.64 bits per heavy atom. The van der Waals surface area contributed by atoms with E-state index < -0.39 is 11.7 Å². The van der Waals surface area contributed by atoms with Crippen LogP contribution in [0.2, 0.25) is 0 Å². The first-order chi connectivity index (χ1) is 10.4. The predicted molar refractivity (Wildman–Crippen MR) is 85.1 cm³/mol. The van der Waals surface area contributed by atoms with Gasteiger partial charge in [0.15, 0.2) is 0 Å². The lowest BCUT2D eigenvalue weighted by Gasteiger charge is -2.19. The molecule has 0 radical (unpaired) electrons. The number of nitriles is 1. The quantitative estimate of drug-likeness (QED) is 0.790. The van der Waals surface area contributed by atoms with E-state index in [-0.39, 0.29) is 0 Å². The summed E-state index contributed by atoms with van der Waals surface area (Å²) in [6.07, 6.45) is 0.325. The first kappa shape index (κ1) is 17.6. The van der Waals surface area contributed by atoms with Crippen LogP contribution in [0.4, 0.5) is 10.5 Å². The van der Waals surface area contributed by atoms with E-state index in [0.717, 1.165) is 12.1 Å². The van der Waals surface area contributed by atoms with Crippen molar-refractivity contribution < 1.29 is 14.3 Å². The van der Waals surface area contributed by atoms with Crippen molar-refractivity contribution in [2.45, 2.75) is 32.8 Å². The van der Waals surface area contributed by atoms with Gasteiger partial charge in [0, 0.05) is 19.2 Å². The second-order valence-corrected chi connectivity index (χ2v) is 5.74. The highest BCUT2D eigenvalue weighted by molar-refractivity contribution is 5.67. The molecular weight excluding hydrogens is 282 g/mol. The van der Waals surface area contributed by atoms with Gasteiger partial charge in [0.2, 0.25) is 0 Å². The summed E-state index contributed by atoms with van der Waals surface area (Å²) in [6, 6.07) is 7.28. The molecule has 0 spiro atoms. The fourth-order valence-electron chi connectivity index (χ4n) is 1.72. The molecule has 2 N–H and O–H groups in total. The van der Waals surface area contributed by atoms with Crippen molar-refractivity contribution in [3.8, 4) is 11.8 Å². The van der Waals surface area contributed by atoms with Gasteiger partial charge in [-0.2, -0.15) is 5.26 Å². The number of hydrogen-bond donors (Lipinski definition) is 2. The highest BCUT2D eigenvalue weighted by atomic mass is 16.6. The lowest BCUT2D eigenvalue weighted by molar-refractivity contribution is 0.0528. The molecule has 6 nitrogen and oxygen atoms in total. The molecule has 0 heterocycles. The molecule has 0 bridgehead atoms. The Morgan fingerprint density at radius 1 is 1.32 bits per heavy atom. The number of nitrogens with one attached hydrogen (secondary N) is 2. The van der Waals surface area contributed by atoms with Crippen LogP contribution in [0.1, 0.15) is 32.8 Å². The van der Waals surface area contributed by atoms with Gasteiger partial charge in [-0.15, -0.1) is 0 Å². The van der Waals surface area contributed by atoms with Crippen molar-refractivity contribution in [1.29, 1.82) is 5.26 Å². The van der Waals surface area contributed by atoms with Crippen LogP contribution in [0.25, 0.3) is 0 Å². The highest BCUT2D eigenvalue weighted by Gasteiger charge is 2.15. The molecule has 22 heavy (non-hydrogen) atoms. The molecule has 0 saturated carbocycles. The van der Waals surface area contributed by atoms with Crippen molar-refractivity contribution in [2.75, 3.05) is 25.5 Å². The van der Waals surface area contributed by atoms with Crippen molar-refractivity contribution >= 4 is 11.8 Å². The molecule has 1 rings (SSSR count). The third-order valence-corrected chi connectivity index (χ3v) is 2.67. The molecule has 0 aromatic heterocycles. The van der Waals surface area contributed by atoms with Crippen LogP contribution < -0.4 is 15.4 Å². The van der Waals surface area contributed by atoms with Gasteiger partial charge in [0.05, 0.1) is 24.4 Å². The summed E-state index contributed by atoms with van der Waals surface area (Å²) in [5, 5.41) is 14.8. The van der Waals surface area contributed by atoms with Crippen molar-refractivity contribution in [2.24, 2.45) is 0 Å². The molecule has 0 aliphatic carbocycles. The zero-order valence-electron chi connectivity index (χ0n) is 13.5. The molecule has 120 valence electrons. The van der Waals surface area contributed by atoms with Crippen LogP contribution in [0.15, 0.2) is 18.2 Å². The SMILES string of the molecule is COc1cc(C#N)ccc1NCCCNC(=O)OC(C)(C)C. The maximum atomic E-state index is 11.5. The Morgan fingerprint density at radius 2 is 2.05 bits per heavy atom. The summed E-state index contributed by atoms with van der Waals surface area (Å²) in [6.45, 7) is 6.65. The maximum absolute atomic E-state index is 11.5. The first-order valence-electron chi connectivity index (χ1n) is 7.14. The third kappa shape index (κ3) is 6.35. The predicted octanol–water partition coefficient (Wildman–Crippen LogP) is 2.89. The minimum atomic E-state index is -0.488. The second-order valence-electron chi connectivity index (χ2n) is 5.74. The summed E-state index contributed by atoms with van der Waals surface area (Å²) < 4.78 is 10.4. The van der Waals surface area contributed by atoms with E-state index in [0.29, 0.717) is 24.4 Å². The standard InChI is InChI=1S/C16H23N3O3/c1-16(2,3)22-15(20)19-9-5-8-18-13-7-6-12(11-17)10-14(13)21-4/h6-7,10,18H,5,8-9H2,1-4H3,(H,19,20). The van der Waals surface area contributed by atoms with E-state index >= 15 is 0 Å². The van der Waals surface area contributed by atoms with E-state index in [1.54, 1.807) is 25.3 Å². The molecule has 1 aromatic rings. The number of carbonyl (C=O) groups excluding carboxylic acids is 1. The zero-order chi connectivity index (χ0) is 16.6. The summed E-state index contributed by atoms with van der Waals surface area (Å²) in [5.41, 5.74) is 0.880. The smallest absolute Gasteiger partial charge is 0.407 e. The number of amides is 1. The average molecular weight is 305 g/mol. The normalized spacial score (nSPS) is 10.5. The molecule has 0 aliphatic rings. The first-order valence-corrected chi connectivity index (χ1v) is 7.14. The van der Waals surface area contributed by atoms with Crippen LogP contribution in [0.5, 0.6) is 5.75 Å². The summed E-state index contributed by atoms with van der Waals surface area (Å²) >= 11 is 0. The molecule has 0 aliphatic heterocycles. The summed E-state index contributed by atoms with van der Waals surface area (Å²) in [7, 11) is 1.56. The van der Waals surface area contributed by atoms with Crippen molar-refractivity contribution in [3.63, 3.8) is 0 Å². The molecule has 0 fully saturated rings. The number of hydrogen-bond acceptors (Lipinski definition) is 5. The molecule has 0 atom stereocenters. The lowest BCUT2D eigenvalue weighted by Crippen LogP contribution is -2.33. The highest BCUT2D eigenvalue weighted by Crippen LogP contribution is 2.25. The fraction of sp³-hybridized carbons (Fsp3) is 0.500. The van der Waals surface area contributed by atoms with Gasteiger partial charge in [0.25, 0.3) is 0 Å². The Hall–Kier alpha value is -2.42. The number of rotatable bonds is 6. The topological polar surface area (TPSA) is 83.4 Å². The van der Waals surface area contributed by atoms with Crippen molar-refractivity contribution in [3.05, 3.63) is 23.8 Å². The average Bonchev–Trinajstić information content (AvgIpc) is 2.45. The van der Waals surface area contributed by atoms with E-state index in [4.69, 9.17) is 14.7 Å². The summed E-state index contributed by atoms with van der Waals surface area (Å²) in [4.78, 5) is 11.5. The van der Waals surface area contributed by atoms with Gasteiger partial charge in [-0.1, -0.05) is 0 Å². The van der Waals surface area contributed by atoms with Crippen LogP contribution in [-0.4, -0.2) is 31.9 Å². The summed E-state index contributed by atoms with van der Waals surface area (Å²) in [5.74, 6) is 0.624. The number of ether oxygens (including phenoxy) is 2. The van der Waals surface area contributed by atoms with Gasteiger partial charge in [-0.05, 0) is 39.3 Å². The van der Waals surface area contributed by atoms with Gasteiger partial charge >= 0.3 is 6.09 Å². The molecular formula is C16H23N3O3. The minimum Gasteiger partial charge on any atom is -0.495 e. The van der Waals surface area contributed by atoms with Gasteiger partial charge in [-0.3, -0.25) is 0 Å². The monoisotopic (exact) mass is 305 g/mol. The number of nitrogens with zero attached hydrogens (tertiary/aromatic N) is 1. The number of benzene rings is 1. The molecule has 1 aromatic carbocycles. The van der Waals surface area contributed by atoms with Gasteiger partial charge in [0.1, 0.15) is 11.4 Å². The Labute approximate surface area is 131 Å². The Balaban J connectivity index is 2.34. The van der Waals surface area contributed by atoms with Crippen LogP contribution >= 0.6 is 0 Å². The number of alkyl carbamates (subject to hydrolysis) is 1. The largest absolute Gasteiger partial charge is 0.495 e. The van der Waals surface area contributed by atoms with E-state index in [1.807, 2.05) is 20.8 Å². The maximum Gasteiger partial charge on any atom is 0.407 e. The van der Waals surface area contributed by atoms with Crippen LogP contribution in [-0.2, 0) is 4.74 Å². The second kappa shape index (κ2) is 8.13. The molecule has 0 saturated heterocycles. The Bertz CT molecular complexity index is 545. The fourth-order valence-corrected chi connectivity index (χ4v) is 1.72. The molecule has 1 amide bonds.